The van der Waals surface area contributed by atoms with Crippen molar-refractivity contribution in [2.45, 2.75) is 9.79 Å². The first kappa shape index (κ1) is 15.8. The second-order valence-electron chi connectivity index (χ2n) is 5.08. The zero-order chi connectivity index (χ0) is 17.5. The van der Waals surface area contributed by atoms with Crippen molar-refractivity contribution < 1.29 is 23.4 Å². The monoisotopic (exact) mass is 347 g/mol. The minimum atomic E-state index is -3.76. The Labute approximate surface area is 136 Å². The van der Waals surface area contributed by atoms with E-state index in [0.29, 0.717) is 11.0 Å². The summed E-state index contributed by atoms with van der Waals surface area (Å²) in [5.41, 5.74) is 0.848. The fraction of sp³-hybridized carbons (Fsp3) is 0.0667. The summed E-state index contributed by atoms with van der Waals surface area (Å²) in [4.78, 5) is 18.8. The van der Waals surface area contributed by atoms with Crippen LogP contribution in [0.25, 0.3) is 11.0 Å². The molecule has 8 nitrogen and oxygen atoms in total. The third-order valence-corrected chi connectivity index (χ3v) is 5.27. The van der Waals surface area contributed by atoms with Gasteiger partial charge in [-0.3, -0.25) is 4.90 Å². The van der Waals surface area contributed by atoms with E-state index in [4.69, 9.17) is 5.11 Å². The van der Waals surface area contributed by atoms with Crippen molar-refractivity contribution >= 4 is 32.9 Å². The molecule has 3 aromatic rings. The Morgan fingerprint density at radius 1 is 1.12 bits per heavy atom. The van der Waals surface area contributed by atoms with E-state index >= 15 is 0 Å². The van der Waals surface area contributed by atoms with E-state index in [1.807, 2.05) is 0 Å². The molecule has 0 fully saturated rings. The number of phenols is 1. The van der Waals surface area contributed by atoms with Crippen LogP contribution in [0, 0.1) is 0 Å². The normalized spacial score (nSPS) is 11.5. The van der Waals surface area contributed by atoms with E-state index in [2.05, 4.69) is 9.97 Å². The van der Waals surface area contributed by atoms with Gasteiger partial charge in [-0.1, -0.05) is 0 Å². The molecule has 0 spiro atoms. The lowest BCUT2D eigenvalue weighted by Gasteiger charge is -2.07. The lowest BCUT2D eigenvalue weighted by Crippen LogP contribution is -2.24. The number of nitrogens with one attached hydrogen (secondary N) is 1. The topological polar surface area (TPSA) is 124 Å². The third kappa shape index (κ3) is 2.65. The number of imidazole rings is 1. The van der Waals surface area contributed by atoms with Gasteiger partial charge in [-0.2, -0.15) is 0 Å². The largest absolute Gasteiger partial charge is 0.508 e. The van der Waals surface area contributed by atoms with Crippen LogP contribution in [-0.2, 0) is 9.84 Å². The number of nitrogens with zero attached hydrogens (tertiary/aromatic N) is 2. The number of rotatable bonds is 3. The fourth-order valence-corrected chi connectivity index (χ4v) is 3.44. The average Bonchev–Trinajstić information content (AvgIpc) is 2.97. The van der Waals surface area contributed by atoms with Gasteiger partial charge in [0.1, 0.15) is 5.75 Å². The predicted octanol–water partition coefficient (Wildman–Crippen LogP) is 2.22. The number of anilines is 1. The quantitative estimate of drug-likeness (QED) is 0.667. The van der Waals surface area contributed by atoms with Gasteiger partial charge >= 0.3 is 6.09 Å². The third-order valence-electron chi connectivity index (χ3n) is 3.50. The van der Waals surface area contributed by atoms with Crippen LogP contribution in [0.2, 0.25) is 0 Å². The molecule has 24 heavy (non-hydrogen) atoms. The Morgan fingerprint density at radius 2 is 1.75 bits per heavy atom. The van der Waals surface area contributed by atoms with Gasteiger partial charge in [0.15, 0.2) is 0 Å². The van der Waals surface area contributed by atoms with Gasteiger partial charge in [0.25, 0.3) is 0 Å². The van der Waals surface area contributed by atoms with Crippen molar-refractivity contribution in [3.05, 3.63) is 42.5 Å². The number of amides is 1. The van der Waals surface area contributed by atoms with Crippen molar-refractivity contribution in [2.75, 3.05) is 11.9 Å². The van der Waals surface area contributed by atoms with E-state index in [9.17, 15) is 18.3 Å². The Kier molecular flexibility index (Phi) is 3.64. The van der Waals surface area contributed by atoms with Crippen LogP contribution in [0.3, 0.4) is 0 Å². The van der Waals surface area contributed by atoms with E-state index in [-0.39, 0.29) is 21.5 Å². The average molecular weight is 347 g/mol. The van der Waals surface area contributed by atoms with E-state index in [1.165, 1.54) is 49.5 Å². The number of carbonyl (C=O) groups is 1. The molecule has 0 bridgehead atoms. The summed E-state index contributed by atoms with van der Waals surface area (Å²) in [5.74, 6) is 0.0657. The highest BCUT2D eigenvalue weighted by Gasteiger charge is 2.20. The molecule has 0 atom stereocenters. The number of fused-ring (bicyclic) bond motifs is 1. The minimum Gasteiger partial charge on any atom is -0.508 e. The lowest BCUT2D eigenvalue weighted by atomic mass is 10.3. The lowest BCUT2D eigenvalue weighted by molar-refractivity contribution is 0.203. The van der Waals surface area contributed by atoms with Gasteiger partial charge in [0.2, 0.25) is 15.8 Å². The predicted molar refractivity (Wildman–Crippen MR) is 86.1 cm³/mol. The summed E-state index contributed by atoms with van der Waals surface area (Å²) in [5, 5.41) is 18.2. The maximum absolute atomic E-state index is 12.6. The number of aromatic nitrogens is 2. The minimum absolute atomic E-state index is 0.0284. The number of hydrogen-bond acceptors (Lipinski definition) is 5. The summed E-state index contributed by atoms with van der Waals surface area (Å²) >= 11 is 0. The number of carboxylic acid groups (broad SMARTS) is 1. The number of aromatic amines is 1. The van der Waals surface area contributed by atoms with E-state index < -0.39 is 15.9 Å². The van der Waals surface area contributed by atoms with Gasteiger partial charge in [-0.15, -0.1) is 0 Å². The van der Waals surface area contributed by atoms with Gasteiger partial charge in [-0.05, 0) is 42.5 Å². The molecule has 3 rings (SSSR count). The van der Waals surface area contributed by atoms with Gasteiger partial charge in [0.05, 0.1) is 20.8 Å². The molecule has 0 aliphatic rings. The van der Waals surface area contributed by atoms with Crippen LogP contribution in [-0.4, -0.2) is 41.7 Å². The zero-order valence-corrected chi connectivity index (χ0v) is 13.3. The molecule has 0 unspecified atom stereocenters. The van der Waals surface area contributed by atoms with Crippen molar-refractivity contribution in [1.29, 1.82) is 0 Å². The summed E-state index contributed by atoms with van der Waals surface area (Å²) < 4.78 is 25.2. The van der Waals surface area contributed by atoms with E-state index in [1.54, 1.807) is 0 Å². The molecule has 0 radical (unpaired) electrons. The Hall–Kier alpha value is -3.07. The first-order valence-corrected chi connectivity index (χ1v) is 8.28. The Balaban J connectivity index is 2.07. The van der Waals surface area contributed by atoms with Crippen LogP contribution >= 0.6 is 0 Å². The number of hydrogen-bond donors (Lipinski definition) is 3. The Morgan fingerprint density at radius 3 is 2.38 bits per heavy atom. The number of sulfone groups is 1. The number of phenolic OH excluding ortho intramolecular Hbond substituents is 1. The highest BCUT2D eigenvalue weighted by Crippen LogP contribution is 2.26. The molecule has 0 aliphatic carbocycles. The number of H-pyrrole nitrogens is 1. The highest BCUT2D eigenvalue weighted by molar-refractivity contribution is 7.91. The van der Waals surface area contributed by atoms with Gasteiger partial charge in [-0.25, -0.2) is 18.2 Å². The van der Waals surface area contributed by atoms with Crippen LogP contribution in [0.5, 0.6) is 5.75 Å². The molecular formula is C15H13N3O5S. The van der Waals surface area contributed by atoms with Crippen LogP contribution in [0.1, 0.15) is 0 Å². The summed E-state index contributed by atoms with van der Waals surface area (Å²) in [7, 11) is -2.44. The van der Waals surface area contributed by atoms with Crippen molar-refractivity contribution in [3.63, 3.8) is 0 Å². The summed E-state index contributed by atoms with van der Waals surface area (Å²) in [6, 6.07) is 9.50. The number of benzene rings is 2. The fourth-order valence-electron chi connectivity index (χ4n) is 2.15. The van der Waals surface area contributed by atoms with Crippen molar-refractivity contribution in [2.24, 2.45) is 0 Å². The van der Waals surface area contributed by atoms with Gasteiger partial charge in [0, 0.05) is 7.05 Å². The molecule has 2 aromatic carbocycles. The van der Waals surface area contributed by atoms with Crippen molar-refractivity contribution in [1.82, 2.24) is 9.97 Å². The maximum atomic E-state index is 12.6. The first-order chi connectivity index (χ1) is 11.3. The molecule has 3 N–H and O–H groups in total. The molecule has 124 valence electrons. The first-order valence-electron chi connectivity index (χ1n) is 6.79. The second kappa shape index (κ2) is 5.53. The molecule has 0 aliphatic heterocycles. The van der Waals surface area contributed by atoms with Gasteiger partial charge < -0.3 is 15.2 Å². The molecule has 1 heterocycles. The molecule has 1 aromatic heterocycles. The smallest absolute Gasteiger partial charge is 0.413 e. The SMILES string of the molecule is CN(C(=O)O)c1nc2ccc(S(=O)(=O)c3ccc(O)cc3)cc2[nH]1. The molecule has 0 saturated heterocycles. The van der Waals surface area contributed by atoms with Crippen LogP contribution in [0.4, 0.5) is 10.7 Å². The second-order valence-corrected chi connectivity index (χ2v) is 7.03. The molecule has 1 amide bonds. The Bertz CT molecular complexity index is 1020. The maximum Gasteiger partial charge on any atom is 0.413 e. The molecule has 0 saturated carbocycles. The summed E-state index contributed by atoms with van der Waals surface area (Å²) in [6.07, 6.45) is -1.19. The standard InChI is InChI=1S/C15H13N3O5S/c1-18(15(20)21)14-16-12-7-6-11(8-13(12)17-14)24(22,23)10-4-2-9(19)3-5-10/h2-8,19H,1H3,(H,16,17)(H,20,21). The van der Waals surface area contributed by atoms with E-state index in [0.717, 1.165) is 4.90 Å². The van der Waals surface area contributed by atoms with Crippen LogP contribution < -0.4 is 4.90 Å². The van der Waals surface area contributed by atoms with Crippen molar-refractivity contribution in [3.8, 4) is 5.75 Å². The highest BCUT2D eigenvalue weighted by atomic mass is 32.2. The number of aromatic hydroxyl groups is 1. The molecule has 9 heteroatoms. The summed E-state index contributed by atoms with van der Waals surface area (Å²) in [6.45, 7) is 0. The zero-order valence-electron chi connectivity index (χ0n) is 12.5. The molecular weight excluding hydrogens is 334 g/mol. The van der Waals surface area contributed by atoms with Crippen LogP contribution in [0.15, 0.2) is 52.3 Å².